The Labute approximate surface area is 220 Å². The Morgan fingerprint density at radius 1 is 0.972 bits per heavy atom. The van der Waals surface area contributed by atoms with Gasteiger partial charge in [-0.3, -0.25) is 4.57 Å². The van der Waals surface area contributed by atoms with Crippen molar-refractivity contribution < 1.29 is 9.16 Å². The summed E-state index contributed by atoms with van der Waals surface area (Å²) in [6.07, 6.45) is 7.60. The van der Waals surface area contributed by atoms with Gasteiger partial charge in [-0.15, -0.1) is 10.2 Å². The van der Waals surface area contributed by atoms with Crippen LogP contribution in [0.3, 0.4) is 0 Å². The van der Waals surface area contributed by atoms with Gasteiger partial charge in [-0.05, 0) is 80.1 Å². The molecule has 0 N–H and O–H groups in total. The number of rotatable bonds is 5. The lowest BCUT2D eigenvalue weighted by Crippen LogP contribution is -2.45. The summed E-state index contributed by atoms with van der Waals surface area (Å²) in [6, 6.07) is 12.0. The van der Waals surface area contributed by atoms with Crippen LogP contribution in [-0.4, -0.2) is 40.3 Å². The third-order valence-corrected chi connectivity index (χ3v) is 12.9. The molecule has 2 aliphatic rings. The van der Waals surface area contributed by atoms with Gasteiger partial charge in [0, 0.05) is 29.6 Å². The van der Waals surface area contributed by atoms with E-state index in [4.69, 9.17) is 31.0 Å². The van der Waals surface area contributed by atoms with E-state index in [1.165, 1.54) is 5.56 Å². The van der Waals surface area contributed by atoms with Gasteiger partial charge < -0.3 is 9.16 Å². The van der Waals surface area contributed by atoms with Gasteiger partial charge >= 0.3 is 0 Å². The molecule has 1 aliphatic carbocycles. The number of fused-ring (bicyclic) bond motifs is 3. The predicted molar refractivity (Wildman–Crippen MR) is 146 cm³/mol. The normalized spacial score (nSPS) is 22.4. The molecule has 3 aromatic rings. The molecule has 1 fully saturated rings. The van der Waals surface area contributed by atoms with Gasteiger partial charge in [0.15, 0.2) is 8.32 Å². The Morgan fingerprint density at radius 2 is 1.75 bits per heavy atom. The molecule has 0 spiro atoms. The molecular weight excluding hydrogens is 488 g/mol. The maximum atomic E-state index is 6.89. The minimum atomic E-state index is -1.95. The lowest BCUT2D eigenvalue weighted by molar-refractivity contribution is 0.139. The maximum Gasteiger partial charge on any atom is 0.213 e. The first-order valence-electron chi connectivity index (χ1n) is 13.1. The molecule has 192 valence electrons. The Kier molecular flexibility index (Phi) is 7.00. The van der Waals surface area contributed by atoms with E-state index in [1.54, 1.807) is 6.20 Å². The van der Waals surface area contributed by atoms with Crippen LogP contribution in [0.25, 0.3) is 5.69 Å². The summed E-state index contributed by atoms with van der Waals surface area (Å²) in [7, 11) is -1.95. The molecule has 5 rings (SSSR count). The van der Waals surface area contributed by atoms with Gasteiger partial charge in [-0.25, -0.2) is 4.98 Å². The van der Waals surface area contributed by atoms with E-state index in [9.17, 15) is 0 Å². The SMILES string of the molecule is CC(C)(C)[Si](C)(C)OC1Cc2cc(Cl)ccc2-n2c(nnc2C2CCC(Oc3ccccn3)CC2)C1. The van der Waals surface area contributed by atoms with Crippen molar-refractivity contribution in [3.8, 4) is 11.6 Å². The van der Waals surface area contributed by atoms with E-state index in [0.29, 0.717) is 11.8 Å². The van der Waals surface area contributed by atoms with E-state index in [0.717, 1.165) is 60.9 Å². The van der Waals surface area contributed by atoms with Crippen molar-refractivity contribution in [2.45, 2.75) is 95.6 Å². The Morgan fingerprint density at radius 3 is 2.44 bits per heavy atom. The van der Waals surface area contributed by atoms with Crippen molar-refractivity contribution in [1.29, 1.82) is 0 Å². The fourth-order valence-electron chi connectivity index (χ4n) is 5.15. The molecule has 1 saturated carbocycles. The van der Waals surface area contributed by atoms with Gasteiger partial charge in [-0.2, -0.15) is 0 Å². The summed E-state index contributed by atoms with van der Waals surface area (Å²) in [5.41, 5.74) is 2.35. The molecule has 8 heteroatoms. The molecule has 2 aromatic heterocycles. The third-order valence-electron chi connectivity index (χ3n) is 8.13. The zero-order valence-electron chi connectivity index (χ0n) is 22.0. The first kappa shape index (κ1) is 25.4. The van der Waals surface area contributed by atoms with E-state index < -0.39 is 8.32 Å². The Balaban J connectivity index is 1.40. The minimum absolute atomic E-state index is 0.0592. The van der Waals surface area contributed by atoms with Crippen LogP contribution in [-0.2, 0) is 17.3 Å². The number of aromatic nitrogens is 4. The number of nitrogens with zero attached hydrogens (tertiary/aromatic N) is 4. The highest BCUT2D eigenvalue weighted by molar-refractivity contribution is 6.74. The van der Waals surface area contributed by atoms with E-state index >= 15 is 0 Å². The van der Waals surface area contributed by atoms with Crippen LogP contribution in [0.15, 0.2) is 42.6 Å². The molecule has 36 heavy (non-hydrogen) atoms. The largest absolute Gasteiger partial charge is 0.474 e. The first-order valence-corrected chi connectivity index (χ1v) is 16.4. The van der Waals surface area contributed by atoms with Crippen LogP contribution in [0, 0.1) is 0 Å². The summed E-state index contributed by atoms with van der Waals surface area (Å²) in [6.45, 7) is 11.5. The highest BCUT2D eigenvalue weighted by Crippen LogP contribution is 2.40. The lowest BCUT2D eigenvalue weighted by atomic mass is 9.86. The molecule has 1 atom stereocenters. The van der Waals surface area contributed by atoms with Crippen LogP contribution in [0.4, 0.5) is 0 Å². The average molecular weight is 525 g/mol. The van der Waals surface area contributed by atoms with Crippen molar-refractivity contribution >= 4 is 19.9 Å². The molecule has 1 aromatic carbocycles. The van der Waals surface area contributed by atoms with Crippen molar-refractivity contribution in [3.63, 3.8) is 0 Å². The monoisotopic (exact) mass is 524 g/mol. The molecule has 0 amide bonds. The van der Waals surface area contributed by atoms with Crippen LogP contribution in [0.2, 0.25) is 23.2 Å². The van der Waals surface area contributed by atoms with Crippen molar-refractivity contribution in [2.75, 3.05) is 0 Å². The molecule has 1 aliphatic heterocycles. The smallest absolute Gasteiger partial charge is 0.213 e. The zero-order valence-corrected chi connectivity index (χ0v) is 23.8. The second-order valence-electron chi connectivity index (χ2n) is 11.8. The topological polar surface area (TPSA) is 62.1 Å². The fourth-order valence-corrected chi connectivity index (χ4v) is 6.70. The third kappa shape index (κ3) is 5.24. The maximum absolute atomic E-state index is 6.89. The van der Waals surface area contributed by atoms with E-state index in [1.807, 2.05) is 24.3 Å². The molecule has 6 nitrogen and oxygen atoms in total. The number of ether oxygens (including phenoxy) is 1. The lowest BCUT2D eigenvalue weighted by Gasteiger charge is -2.39. The summed E-state index contributed by atoms with van der Waals surface area (Å²) < 4.78 is 15.3. The quantitative estimate of drug-likeness (QED) is 0.339. The Bertz CT molecular complexity index is 1200. The molecule has 3 heterocycles. The van der Waals surface area contributed by atoms with Crippen molar-refractivity contribution in [2.24, 2.45) is 0 Å². The average Bonchev–Trinajstić information content (AvgIpc) is 3.16. The number of benzene rings is 1. The second kappa shape index (κ2) is 9.91. The number of hydrogen-bond acceptors (Lipinski definition) is 5. The fraction of sp³-hybridized carbons (Fsp3) is 0.536. The predicted octanol–water partition coefficient (Wildman–Crippen LogP) is 6.91. The van der Waals surface area contributed by atoms with Crippen LogP contribution < -0.4 is 4.74 Å². The minimum Gasteiger partial charge on any atom is -0.474 e. The summed E-state index contributed by atoms with van der Waals surface area (Å²) in [5.74, 6) is 3.09. The van der Waals surface area contributed by atoms with Gasteiger partial charge in [0.25, 0.3) is 0 Å². The molecule has 0 saturated heterocycles. The highest BCUT2D eigenvalue weighted by atomic mass is 35.5. The second-order valence-corrected chi connectivity index (χ2v) is 16.9. The van der Waals surface area contributed by atoms with Gasteiger partial charge in [0.05, 0.1) is 11.8 Å². The number of pyridine rings is 1. The van der Waals surface area contributed by atoms with E-state index in [-0.39, 0.29) is 17.2 Å². The van der Waals surface area contributed by atoms with Gasteiger partial charge in [0.2, 0.25) is 5.88 Å². The molecule has 0 radical (unpaired) electrons. The van der Waals surface area contributed by atoms with E-state index in [2.05, 4.69) is 55.5 Å². The summed E-state index contributed by atoms with van der Waals surface area (Å²) in [5, 5.41) is 10.4. The highest BCUT2D eigenvalue weighted by Gasteiger charge is 2.40. The number of hydrogen-bond donors (Lipinski definition) is 0. The van der Waals surface area contributed by atoms with Crippen LogP contribution in [0.1, 0.15) is 69.6 Å². The molecular formula is C28H37ClN4O2Si. The first-order chi connectivity index (χ1) is 17.1. The summed E-state index contributed by atoms with van der Waals surface area (Å²) >= 11 is 6.46. The Hall–Kier alpha value is -2.22. The van der Waals surface area contributed by atoms with Gasteiger partial charge in [-0.1, -0.05) is 38.4 Å². The van der Waals surface area contributed by atoms with Crippen molar-refractivity contribution in [3.05, 3.63) is 64.8 Å². The van der Waals surface area contributed by atoms with Crippen molar-refractivity contribution in [1.82, 2.24) is 19.7 Å². The summed E-state index contributed by atoms with van der Waals surface area (Å²) in [4.78, 5) is 4.32. The zero-order chi connectivity index (χ0) is 25.5. The van der Waals surface area contributed by atoms with Crippen LogP contribution >= 0.6 is 11.6 Å². The standard InChI is InChI=1S/C28H37ClN4O2Si/c1-28(2,3)36(4,5)35-23-17-20-16-21(29)11-14-24(20)33-25(18-23)31-32-27(33)19-9-12-22(13-10-19)34-26-8-6-7-15-30-26/h6-8,11,14-16,19,22-23H,9-10,12-13,17-18H2,1-5H3. The molecule has 1 unspecified atom stereocenters. The van der Waals surface area contributed by atoms with Crippen LogP contribution in [0.5, 0.6) is 5.88 Å². The van der Waals surface area contributed by atoms with Gasteiger partial charge in [0.1, 0.15) is 17.8 Å². The molecule has 0 bridgehead atoms. The number of halogens is 1.